The van der Waals surface area contributed by atoms with Crippen LogP contribution in [0.2, 0.25) is 0 Å². The number of aliphatic hydroxyl groups is 1. The number of benzene rings is 2. The summed E-state index contributed by atoms with van der Waals surface area (Å²) in [5, 5.41) is 9.29. The molecule has 0 spiro atoms. The van der Waals surface area contributed by atoms with E-state index in [1.165, 1.54) is 12.1 Å². The molecule has 0 bridgehead atoms. The maximum Gasteiger partial charge on any atom is 0.167 e. The Bertz CT molecular complexity index is 515. The van der Waals surface area contributed by atoms with E-state index in [2.05, 4.69) is 0 Å². The topological polar surface area (TPSA) is 38.7 Å². The van der Waals surface area contributed by atoms with Gasteiger partial charge in [-0.1, -0.05) is 24.3 Å². The number of ether oxygens (including phenoxy) is 2. The van der Waals surface area contributed by atoms with Crippen LogP contribution >= 0.6 is 0 Å². The molecule has 3 nitrogen and oxygen atoms in total. The van der Waals surface area contributed by atoms with Crippen molar-refractivity contribution < 1.29 is 19.0 Å². The second kappa shape index (κ2) is 6.20. The molecule has 0 aliphatic rings. The first-order valence-electron chi connectivity index (χ1n) is 5.88. The number of methoxy groups -OCH3 is 1. The van der Waals surface area contributed by atoms with Gasteiger partial charge in [0.1, 0.15) is 12.4 Å². The van der Waals surface area contributed by atoms with E-state index in [-0.39, 0.29) is 19.0 Å². The Morgan fingerprint density at radius 3 is 2.47 bits per heavy atom. The van der Waals surface area contributed by atoms with Gasteiger partial charge in [-0.25, -0.2) is 4.39 Å². The van der Waals surface area contributed by atoms with Crippen LogP contribution in [-0.2, 0) is 13.2 Å². The fourth-order valence-corrected chi connectivity index (χ4v) is 1.75. The minimum Gasteiger partial charge on any atom is -0.493 e. The van der Waals surface area contributed by atoms with Crippen LogP contribution in [0, 0.1) is 5.82 Å². The van der Waals surface area contributed by atoms with Gasteiger partial charge in [-0.15, -0.1) is 0 Å². The summed E-state index contributed by atoms with van der Waals surface area (Å²) in [5.74, 6) is 0.794. The van der Waals surface area contributed by atoms with E-state index >= 15 is 0 Å². The third-order valence-electron chi connectivity index (χ3n) is 2.75. The molecule has 0 aromatic heterocycles. The monoisotopic (exact) mass is 262 g/mol. The van der Waals surface area contributed by atoms with Crippen LogP contribution in [0.1, 0.15) is 11.1 Å². The second-order valence-corrected chi connectivity index (χ2v) is 4.02. The van der Waals surface area contributed by atoms with Crippen LogP contribution in [0.4, 0.5) is 4.39 Å². The third kappa shape index (κ3) is 3.23. The van der Waals surface area contributed by atoms with E-state index in [4.69, 9.17) is 9.47 Å². The summed E-state index contributed by atoms with van der Waals surface area (Å²) in [6.07, 6.45) is 0. The van der Waals surface area contributed by atoms with Gasteiger partial charge in [0.15, 0.2) is 11.5 Å². The van der Waals surface area contributed by atoms with E-state index in [1.54, 1.807) is 37.4 Å². The summed E-state index contributed by atoms with van der Waals surface area (Å²) in [5.41, 5.74) is 1.50. The Balaban J connectivity index is 2.16. The highest BCUT2D eigenvalue weighted by Gasteiger charge is 2.10. The summed E-state index contributed by atoms with van der Waals surface area (Å²) >= 11 is 0. The molecule has 0 fully saturated rings. The maximum absolute atomic E-state index is 12.8. The van der Waals surface area contributed by atoms with E-state index in [0.29, 0.717) is 17.1 Å². The summed E-state index contributed by atoms with van der Waals surface area (Å²) in [6.45, 7) is 0.156. The van der Waals surface area contributed by atoms with Crippen molar-refractivity contribution >= 4 is 0 Å². The number of para-hydroxylation sites is 1. The molecule has 2 rings (SSSR count). The molecule has 0 saturated carbocycles. The highest BCUT2D eigenvalue weighted by Crippen LogP contribution is 2.31. The Morgan fingerprint density at radius 2 is 1.84 bits per heavy atom. The fraction of sp³-hybridized carbons (Fsp3) is 0.200. The molecule has 1 N–H and O–H groups in total. The number of hydrogen-bond donors (Lipinski definition) is 1. The molecule has 19 heavy (non-hydrogen) atoms. The maximum atomic E-state index is 12.8. The highest BCUT2D eigenvalue weighted by atomic mass is 19.1. The summed E-state index contributed by atoms with van der Waals surface area (Å²) in [6, 6.07) is 11.4. The molecule has 4 heteroatoms. The van der Waals surface area contributed by atoms with Crippen molar-refractivity contribution in [1.29, 1.82) is 0 Å². The van der Waals surface area contributed by atoms with Crippen LogP contribution in [0.25, 0.3) is 0 Å². The van der Waals surface area contributed by atoms with Gasteiger partial charge in [0.05, 0.1) is 13.7 Å². The molecule has 0 unspecified atom stereocenters. The average molecular weight is 262 g/mol. The van der Waals surface area contributed by atoms with Gasteiger partial charge in [0.25, 0.3) is 0 Å². The zero-order valence-electron chi connectivity index (χ0n) is 10.6. The van der Waals surface area contributed by atoms with Crippen LogP contribution < -0.4 is 9.47 Å². The minimum atomic E-state index is -0.280. The molecule has 0 aliphatic carbocycles. The predicted molar refractivity (Wildman–Crippen MR) is 69.6 cm³/mol. The van der Waals surface area contributed by atoms with Gasteiger partial charge < -0.3 is 14.6 Å². The Labute approximate surface area is 111 Å². The van der Waals surface area contributed by atoms with Crippen LogP contribution in [-0.4, -0.2) is 12.2 Å². The summed E-state index contributed by atoms with van der Waals surface area (Å²) in [4.78, 5) is 0. The van der Waals surface area contributed by atoms with Gasteiger partial charge in [-0.2, -0.15) is 0 Å². The SMILES string of the molecule is COc1cccc(CO)c1OCc1ccc(F)cc1. The lowest BCUT2D eigenvalue weighted by Crippen LogP contribution is -2.01. The van der Waals surface area contributed by atoms with E-state index in [0.717, 1.165) is 5.56 Å². The van der Waals surface area contributed by atoms with Crippen molar-refractivity contribution in [2.24, 2.45) is 0 Å². The number of aliphatic hydroxyl groups excluding tert-OH is 1. The van der Waals surface area contributed by atoms with E-state index in [9.17, 15) is 9.50 Å². The van der Waals surface area contributed by atoms with Crippen molar-refractivity contribution in [3.63, 3.8) is 0 Å². The summed E-state index contributed by atoms with van der Waals surface area (Å²) < 4.78 is 23.7. The molecule has 0 amide bonds. The summed E-state index contributed by atoms with van der Waals surface area (Å²) in [7, 11) is 1.54. The molecule has 2 aromatic rings. The number of hydrogen-bond acceptors (Lipinski definition) is 3. The normalized spacial score (nSPS) is 10.3. The van der Waals surface area contributed by atoms with Gasteiger partial charge in [0.2, 0.25) is 0 Å². The van der Waals surface area contributed by atoms with Crippen molar-refractivity contribution in [3.05, 3.63) is 59.4 Å². The van der Waals surface area contributed by atoms with Crippen LogP contribution in [0.5, 0.6) is 11.5 Å². The number of rotatable bonds is 5. The average Bonchev–Trinajstić information content (AvgIpc) is 2.46. The van der Waals surface area contributed by atoms with Gasteiger partial charge in [0, 0.05) is 5.56 Å². The van der Waals surface area contributed by atoms with E-state index in [1.807, 2.05) is 0 Å². The largest absolute Gasteiger partial charge is 0.493 e. The predicted octanol–water partition coefficient (Wildman–Crippen LogP) is 2.91. The van der Waals surface area contributed by atoms with Crippen LogP contribution in [0.3, 0.4) is 0 Å². The lowest BCUT2D eigenvalue weighted by molar-refractivity contribution is 0.250. The zero-order chi connectivity index (χ0) is 13.7. The molecule has 0 aliphatic heterocycles. The second-order valence-electron chi connectivity index (χ2n) is 4.02. The lowest BCUT2D eigenvalue weighted by Gasteiger charge is -2.14. The van der Waals surface area contributed by atoms with Crippen molar-refractivity contribution in [1.82, 2.24) is 0 Å². The standard InChI is InChI=1S/C15H15FO3/c1-18-14-4-2-3-12(9-17)15(14)19-10-11-5-7-13(16)8-6-11/h2-8,17H,9-10H2,1H3. The number of halogens is 1. The quantitative estimate of drug-likeness (QED) is 0.900. The molecule has 2 aromatic carbocycles. The van der Waals surface area contributed by atoms with Crippen molar-refractivity contribution in [2.45, 2.75) is 13.2 Å². The minimum absolute atomic E-state index is 0.129. The first-order valence-corrected chi connectivity index (χ1v) is 5.88. The highest BCUT2D eigenvalue weighted by molar-refractivity contribution is 5.46. The van der Waals surface area contributed by atoms with Crippen molar-refractivity contribution in [2.75, 3.05) is 7.11 Å². The molecule has 0 atom stereocenters. The Morgan fingerprint density at radius 1 is 1.11 bits per heavy atom. The molecule has 100 valence electrons. The van der Waals surface area contributed by atoms with Gasteiger partial charge >= 0.3 is 0 Å². The van der Waals surface area contributed by atoms with Crippen LogP contribution in [0.15, 0.2) is 42.5 Å². The first-order chi connectivity index (χ1) is 9.24. The third-order valence-corrected chi connectivity index (χ3v) is 2.75. The van der Waals surface area contributed by atoms with E-state index < -0.39 is 0 Å². The molecular formula is C15H15FO3. The van der Waals surface area contributed by atoms with Crippen molar-refractivity contribution in [3.8, 4) is 11.5 Å². The molecular weight excluding hydrogens is 247 g/mol. The van der Waals surface area contributed by atoms with Gasteiger partial charge in [-0.3, -0.25) is 0 Å². The fourth-order valence-electron chi connectivity index (χ4n) is 1.75. The smallest absolute Gasteiger partial charge is 0.167 e. The Hall–Kier alpha value is -2.07. The van der Waals surface area contributed by atoms with Gasteiger partial charge in [-0.05, 0) is 23.8 Å². The molecule has 0 radical (unpaired) electrons. The first kappa shape index (κ1) is 13.4. The zero-order valence-corrected chi connectivity index (χ0v) is 10.6. The lowest BCUT2D eigenvalue weighted by atomic mass is 10.2. The molecule has 0 heterocycles. The molecule has 0 saturated heterocycles. The Kier molecular flexibility index (Phi) is 4.36.